The van der Waals surface area contributed by atoms with E-state index < -0.39 is 0 Å². The molecular weight excluding hydrogens is 200 g/mol. The Hall–Kier alpha value is -1.28. The summed E-state index contributed by atoms with van der Waals surface area (Å²) in [5, 5.41) is 10.3. The van der Waals surface area contributed by atoms with Crippen LogP contribution in [0, 0.1) is 0 Å². The molecule has 2 atom stereocenters. The van der Waals surface area contributed by atoms with Crippen molar-refractivity contribution in [3.8, 4) is 0 Å². The molecule has 0 saturated heterocycles. The lowest BCUT2D eigenvalue weighted by Crippen LogP contribution is -2.31. The van der Waals surface area contributed by atoms with Crippen molar-refractivity contribution in [2.24, 2.45) is 0 Å². The minimum atomic E-state index is -0.352. The SMILES string of the molecule is OC(C1=COCCC1)C1Cc2ccccc21. The number of hydrogen-bond acceptors (Lipinski definition) is 2. The Kier molecular flexibility index (Phi) is 2.44. The largest absolute Gasteiger partial charge is 0.501 e. The molecule has 0 spiro atoms. The zero-order valence-corrected chi connectivity index (χ0v) is 9.23. The van der Waals surface area contributed by atoms with Gasteiger partial charge in [0.05, 0.1) is 19.0 Å². The van der Waals surface area contributed by atoms with Crippen LogP contribution >= 0.6 is 0 Å². The van der Waals surface area contributed by atoms with Gasteiger partial charge >= 0.3 is 0 Å². The maximum atomic E-state index is 10.3. The smallest absolute Gasteiger partial charge is 0.0876 e. The van der Waals surface area contributed by atoms with Crippen LogP contribution in [0.15, 0.2) is 36.1 Å². The van der Waals surface area contributed by atoms with Crippen molar-refractivity contribution >= 4 is 0 Å². The van der Waals surface area contributed by atoms with Crippen LogP contribution in [0.2, 0.25) is 0 Å². The summed E-state index contributed by atoms with van der Waals surface area (Å²) in [7, 11) is 0. The Morgan fingerprint density at radius 1 is 1.31 bits per heavy atom. The second-order valence-corrected chi connectivity index (χ2v) is 4.62. The van der Waals surface area contributed by atoms with Crippen LogP contribution in [0.5, 0.6) is 0 Å². The predicted molar refractivity (Wildman–Crippen MR) is 62.2 cm³/mol. The molecule has 1 aliphatic heterocycles. The molecule has 16 heavy (non-hydrogen) atoms. The average molecular weight is 216 g/mol. The molecule has 0 aromatic heterocycles. The number of aliphatic hydroxyl groups excluding tert-OH is 1. The molecule has 0 radical (unpaired) electrons. The zero-order chi connectivity index (χ0) is 11.0. The summed E-state index contributed by atoms with van der Waals surface area (Å²) >= 11 is 0. The molecule has 1 aliphatic carbocycles. The van der Waals surface area contributed by atoms with Gasteiger partial charge in [0.15, 0.2) is 0 Å². The quantitative estimate of drug-likeness (QED) is 0.822. The lowest BCUT2D eigenvalue weighted by atomic mass is 9.72. The van der Waals surface area contributed by atoms with Gasteiger partial charge in [-0.15, -0.1) is 0 Å². The number of aliphatic hydroxyl groups is 1. The second kappa shape index (κ2) is 3.95. The Morgan fingerprint density at radius 2 is 2.19 bits per heavy atom. The number of fused-ring (bicyclic) bond motifs is 1. The lowest BCUT2D eigenvalue weighted by Gasteiger charge is -2.35. The molecule has 2 heteroatoms. The maximum absolute atomic E-state index is 10.3. The van der Waals surface area contributed by atoms with Crippen molar-refractivity contribution in [3.63, 3.8) is 0 Å². The van der Waals surface area contributed by atoms with Gasteiger partial charge in [0.25, 0.3) is 0 Å². The highest BCUT2D eigenvalue weighted by Gasteiger charge is 2.33. The molecular formula is C14H16O2. The highest BCUT2D eigenvalue weighted by atomic mass is 16.5. The Balaban J connectivity index is 1.78. The van der Waals surface area contributed by atoms with Crippen molar-refractivity contribution in [1.82, 2.24) is 0 Å². The fraction of sp³-hybridized carbons (Fsp3) is 0.429. The third-order valence-electron chi connectivity index (χ3n) is 3.62. The van der Waals surface area contributed by atoms with Gasteiger partial charge in [0.2, 0.25) is 0 Å². The molecule has 3 rings (SSSR count). The van der Waals surface area contributed by atoms with Gasteiger partial charge < -0.3 is 9.84 Å². The number of hydrogen-bond donors (Lipinski definition) is 1. The van der Waals surface area contributed by atoms with Crippen molar-refractivity contribution in [3.05, 3.63) is 47.2 Å². The fourth-order valence-electron chi connectivity index (χ4n) is 2.64. The van der Waals surface area contributed by atoms with E-state index in [0.29, 0.717) is 0 Å². The van der Waals surface area contributed by atoms with Gasteiger partial charge in [-0.2, -0.15) is 0 Å². The minimum Gasteiger partial charge on any atom is -0.501 e. The summed E-state index contributed by atoms with van der Waals surface area (Å²) < 4.78 is 5.29. The molecule has 0 bridgehead atoms. The van der Waals surface area contributed by atoms with Gasteiger partial charge in [0.1, 0.15) is 0 Å². The second-order valence-electron chi connectivity index (χ2n) is 4.62. The van der Waals surface area contributed by atoms with E-state index >= 15 is 0 Å². The van der Waals surface area contributed by atoms with Crippen LogP contribution in [-0.2, 0) is 11.2 Å². The molecule has 2 unspecified atom stereocenters. The van der Waals surface area contributed by atoms with E-state index in [9.17, 15) is 5.11 Å². The van der Waals surface area contributed by atoms with E-state index in [1.165, 1.54) is 11.1 Å². The summed E-state index contributed by atoms with van der Waals surface area (Å²) in [6.45, 7) is 0.789. The van der Waals surface area contributed by atoms with Crippen LogP contribution in [0.4, 0.5) is 0 Å². The number of rotatable bonds is 2. The van der Waals surface area contributed by atoms with Gasteiger partial charge in [-0.05, 0) is 36.0 Å². The first-order valence-corrected chi connectivity index (χ1v) is 5.92. The minimum absolute atomic E-state index is 0.282. The fourth-order valence-corrected chi connectivity index (χ4v) is 2.64. The third-order valence-corrected chi connectivity index (χ3v) is 3.62. The topological polar surface area (TPSA) is 29.5 Å². The van der Waals surface area contributed by atoms with Crippen LogP contribution < -0.4 is 0 Å². The summed E-state index contributed by atoms with van der Waals surface area (Å²) in [6, 6.07) is 8.37. The highest BCUT2D eigenvalue weighted by molar-refractivity contribution is 5.42. The van der Waals surface area contributed by atoms with Crippen LogP contribution in [0.1, 0.15) is 29.9 Å². The van der Waals surface area contributed by atoms with Gasteiger partial charge in [0, 0.05) is 5.92 Å². The lowest BCUT2D eigenvalue weighted by molar-refractivity contribution is 0.140. The standard InChI is InChI=1S/C14H16O2/c15-14(11-5-3-7-16-9-11)13-8-10-4-1-2-6-12(10)13/h1-2,4,6,9,13-15H,3,5,7-8H2. The maximum Gasteiger partial charge on any atom is 0.0876 e. The number of ether oxygens (including phenoxy) is 1. The molecule has 2 aliphatic rings. The summed E-state index contributed by atoms with van der Waals surface area (Å²) in [4.78, 5) is 0. The Labute approximate surface area is 95.6 Å². The molecule has 84 valence electrons. The monoisotopic (exact) mass is 216 g/mol. The Morgan fingerprint density at radius 3 is 2.94 bits per heavy atom. The molecule has 2 nitrogen and oxygen atoms in total. The van der Waals surface area contributed by atoms with Gasteiger partial charge in [-0.25, -0.2) is 0 Å². The van der Waals surface area contributed by atoms with Crippen LogP contribution in [-0.4, -0.2) is 17.8 Å². The average Bonchev–Trinajstić information content (AvgIpc) is 2.32. The van der Waals surface area contributed by atoms with Gasteiger partial charge in [-0.1, -0.05) is 24.3 Å². The summed E-state index contributed by atoms with van der Waals surface area (Å²) in [5.41, 5.74) is 3.75. The summed E-state index contributed by atoms with van der Waals surface area (Å²) in [6.07, 6.45) is 4.40. The molecule has 0 saturated carbocycles. The van der Waals surface area contributed by atoms with Crippen LogP contribution in [0.3, 0.4) is 0 Å². The predicted octanol–water partition coefficient (Wildman–Crippen LogP) is 2.38. The van der Waals surface area contributed by atoms with Gasteiger partial charge in [-0.3, -0.25) is 0 Å². The third kappa shape index (κ3) is 1.54. The zero-order valence-electron chi connectivity index (χ0n) is 9.23. The first kappa shape index (κ1) is 9.91. The van der Waals surface area contributed by atoms with Crippen molar-refractivity contribution < 1.29 is 9.84 Å². The van der Waals surface area contributed by atoms with E-state index in [4.69, 9.17) is 4.74 Å². The van der Waals surface area contributed by atoms with E-state index in [2.05, 4.69) is 18.2 Å². The van der Waals surface area contributed by atoms with Crippen molar-refractivity contribution in [2.45, 2.75) is 31.3 Å². The first-order valence-electron chi connectivity index (χ1n) is 5.92. The van der Waals surface area contributed by atoms with E-state index in [-0.39, 0.29) is 12.0 Å². The molecule has 0 fully saturated rings. The molecule has 1 heterocycles. The number of benzene rings is 1. The summed E-state index contributed by atoms with van der Waals surface area (Å²) in [5.74, 6) is 0.282. The molecule has 1 aromatic carbocycles. The van der Waals surface area contributed by atoms with E-state index in [0.717, 1.165) is 31.4 Å². The van der Waals surface area contributed by atoms with Crippen LogP contribution in [0.25, 0.3) is 0 Å². The molecule has 1 N–H and O–H groups in total. The molecule has 0 amide bonds. The first-order chi connectivity index (χ1) is 7.86. The Bertz CT molecular complexity index is 422. The van der Waals surface area contributed by atoms with Crippen molar-refractivity contribution in [1.29, 1.82) is 0 Å². The molecule has 1 aromatic rings. The van der Waals surface area contributed by atoms with Crippen molar-refractivity contribution in [2.75, 3.05) is 6.61 Å². The normalized spacial score (nSPS) is 24.8. The highest BCUT2D eigenvalue weighted by Crippen LogP contribution is 2.40. The van der Waals surface area contributed by atoms with E-state index in [1.54, 1.807) is 6.26 Å². The van der Waals surface area contributed by atoms with E-state index in [1.807, 2.05) is 6.07 Å².